The van der Waals surface area contributed by atoms with Crippen LogP contribution in [0.25, 0.3) is 6.08 Å². The van der Waals surface area contributed by atoms with E-state index >= 15 is 0 Å². The molecule has 1 aromatic heterocycles. The van der Waals surface area contributed by atoms with E-state index in [-0.39, 0.29) is 0 Å². The van der Waals surface area contributed by atoms with E-state index < -0.39 is 0 Å². The van der Waals surface area contributed by atoms with Crippen LogP contribution in [-0.2, 0) is 12.8 Å². The Morgan fingerprint density at radius 2 is 2.21 bits per heavy atom. The molecule has 1 aliphatic rings. The van der Waals surface area contributed by atoms with Crippen molar-refractivity contribution in [3.8, 4) is 0 Å². The lowest BCUT2D eigenvalue weighted by molar-refractivity contribution is 0.948. The van der Waals surface area contributed by atoms with Crippen molar-refractivity contribution >= 4 is 11.8 Å². The van der Waals surface area contributed by atoms with Gasteiger partial charge >= 0.3 is 0 Å². The second-order valence-electron chi connectivity index (χ2n) is 3.51. The van der Waals surface area contributed by atoms with Crippen molar-refractivity contribution in [3.63, 3.8) is 0 Å². The van der Waals surface area contributed by atoms with Gasteiger partial charge in [0.25, 0.3) is 0 Å². The van der Waals surface area contributed by atoms with Gasteiger partial charge in [0.05, 0.1) is 0 Å². The summed E-state index contributed by atoms with van der Waals surface area (Å²) in [5.41, 5.74) is 4.92. The molecular weight excluding hydrogens is 172 g/mol. The molecule has 0 unspecified atom stereocenters. The molecule has 0 aromatic carbocycles. The Hall–Kier alpha value is -1.31. The van der Waals surface area contributed by atoms with Crippen molar-refractivity contribution in [1.82, 2.24) is 4.98 Å². The van der Waals surface area contributed by atoms with Crippen LogP contribution in [0.5, 0.6) is 0 Å². The molecule has 2 rings (SSSR count). The molecule has 1 aromatic rings. The van der Waals surface area contributed by atoms with Gasteiger partial charge < -0.3 is 5.32 Å². The quantitative estimate of drug-likeness (QED) is 0.771. The van der Waals surface area contributed by atoms with E-state index in [0.717, 1.165) is 19.4 Å². The van der Waals surface area contributed by atoms with E-state index in [2.05, 4.69) is 42.4 Å². The summed E-state index contributed by atoms with van der Waals surface area (Å²) in [5.74, 6) is 0. The maximum absolute atomic E-state index is 4.63. The number of aryl methyl sites for hydroxylation is 2. The van der Waals surface area contributed by atoms with Gasteiger partial charge in [-0.1, -0.05) is 26.0 Å². The molecule has 2 heteroatoms. The number of rotatable bonds is 2. The van der Waals surface area contributed by atoms with Crippen molar-refractivity contribution in [1.29, 1.82) is 0 Å². The molecule has 1 N–H and O–H groups in total. The van der Waals surface area contributed by atoms with Crippen LogP contribution in [0.1, 0.15) is 30.8 Å². The first kappa shape index (κ1) is 9.25. The summed E-state index contributed by atoms with van der Waals surface area (Å²) in [7, 11) is 0. The fourth-order valence-corrected chi connectivity index (χ4v) is 1.79. The molecule has 74 valence electrons. The number of pyridine rings is 1. The molecular formula is C12H16N2. The predicted octanol–water partition coefficient (Wildman–Crippen LogP) is 2.65. The summed E-state index contributed by atoms with van der Waals surface area (Å²) < 4.78 is 0. The Morgan fingerprint density at radius 3 is 2.93 bits per heavy atom. The average Bonchev–Trinajstić information content (AvgIpc) is 2.27. The fraction of sp³-hybridized carbons (Fsp3) is 0.417. The largest absolute Gasteiger partial charge is 0.381 e. The summed E-state index contributed by atoms with van der Waals surface area (Å²) in [6.45, 7) is 5.24. The molecule has 0 spiro atoms. The summed E-state index contributed by atoms with van der Waals surface area (Å²) in [5, 5.41) is 3.39. The van der Waals surface area contributed by atoms with Crippen LogP contribution in [0.4, 0.5) is 5.69 Å². The number of hydrogen-bond donors (Lipinski definition) is 1. The van der Waals surface area contributed by atoms with Crippen molar-refractivity contribution in [2.24, 2.45) is 0 Å². The molecule has 0 amide bonds. The zero-order chi connectivity index (χ0) is 9.97. The van der Waals surface area contributed by atoms with Crippen molar-refractivity contribution < 1.29 is 0 Å². The summed E-state index contributed by atoms with van der Waals surface area (Å²) >= 11 is 0. The molecule has 0 saturated carbocycles. The third-order valence-electron chi connectivity index (χ3n) is 2.58. The second-order valence-corrected chi connectivity index (χ2v) is 3.51. The van der Waals surface area contributed by atoms with Crippen molar-refractivity contribution in [2.45, 2.75) is 26.7 Å². The van der Waals surface area contributed by atoms with E-state index in [9.17, 15) is 0 Å². The van der Waals surface area contributed by atoms with Gasteiger partial charge in [0.2, 0.25) is 0 Å². The highest BCUT2D eigenvalue weighted by molar-refractivity contribution is 5.71. The first-order valence-electron chi connectivity index (χ1n) is 5.28. The summed E-state index contributed by atoms with van der Waals surface area (Å²) in [4.78, 5) is 4.63. The van der Waals surface area contributed by atoms with Gasteiger partial charge in [0.15, 0.2) is 0 Å². The van der Waals surface area contributed by atoms with Gasteiger partial charge in [-0.15, -0.1) is 0 Å². The van der Waals surface area contributed by atoms with Crippen molar-refractivity contribution in [2.75, 3.05) is 11.9 Å². The molecule has 0 aliphatic carbocycles. The zero-order valence-electron chi connectivity index (χ0n) is 8.80. The molecule has 0 saturated heterocycles. The predicted molar refractivity (Wildman–Crippen MR) is 60.5 cm³/mol. The lowest BCUT2D eigenvalue weighted by atomic mass is 10.0. The molecule has 1 aliphatic heterocycles. The minimum atomic E-state index is 0.934. The van der Waals surface area contributed by atoms with Crippen LogP contribution in [0.3, 0.4) is 0 Å². The Morgan fingerprint density at radius 1 is 1.36 bits per heavy atom. The molecule has 2 heterocycles. The molecule has 0 fully saturated rings. The maximum atomic E-state index is 4.63. The fourth-order valence-electron chi connectivity index (χ4n) is 1.79. The molecule has 0 radical (unpaired) electrons. The smallest absolute Gasteiger partial charge is 0.0497 e. The topological polar surface area (TPSA) is 24.9 Å². The Bertz CT molecular complexity index is 367. The second kappa shape index (κ2) is 3.82. The number of nitrogens with one attached hydrogen (secondary N) is 1. The molecule has 2 nitrogen and oxygen atoms in total. The molecule has 0 bridgehead atoms. The SMILES string of the molecule is CCc1cc2c(c(CC)n1)C=CCN2. The van der Waals surface area contributed by atoms with Crippen LogP contribution < -0.4 is 5.32 Å². The highest BCUT2D eigenvalue weighted by Crippen LogP contribution is 2.24. The van der Waals surface area contributed by atoms with Crippen LogP contribution in [-0.4, -0.2) is 11.5 Å². The van der Waals surface area contributed by atoms with Gasteiger partial charge in [-0.2, -0.15) is 0 Å². The third-order valence-corrected chi connectivity index (χ3v) is 2.58. The summed E-state index contributed by atoms with van der Waals surface area (Å²) in [6, 6.07) is 2.16. The zero-order valence-corrected chi connectivity index (χ0v) is 8.80. The van der Waals surface area contributed by atoms with Crippen LogP contribution >= 0.6 is 0 Å². The third kappa shape index (κ3) is 1.52. The summed E-state index contributed by atoms with van der Waals surface area (Å²) in [6.07, 6.45) is 6.33. The van der Waals surface area contributed by atoms with Gasteiger partial charge in [-0.25, -0.2) is 0 Å². The number of nitrogens with zero attached hydrogens (tertiary/aromatic N) is 1. The van der Waals surface area contributed by atoms with E-state index in [1.807, 2.05) is 0 Å². The minimum absolute atomic E-state index is 0.934. The highest BCUT2D eigenvalue weighted by atomic mass is 14.9. The minimum Gasteiger partial charge on any atom is -0.381 e. The number of aromatic nitrogens is 1. The van der Waals surface area contributed by atoms with Crippen LogP contribution in [0, 0.1) is 0 Å². The maximum Gasteiger partial charge on any atom is 0.0497 e. The lowest BCUT2D eigenvalue weighted by Gasteiger charge is -2.16. The normalized spacial score (nSPS) is 13.6. The Balaban J connectivity index is 2.54. The van der Waals surface area contributed by atoms with Crippen molar-refractivity contribution in [3.05, 3.63) is 29.1 Å². The number of hydrogen-bond acceptors (Lipinski definition) is 2. The van der Waals surface area contributed by atoms with E-state index in [1.165, 1.54) is 22.6 Å². The number of fused-ring (bicyclic) bond motifs is 1. The highest BCUT2D eigenvalue weighted by Gasteiger charge is 2.10. The molecule has 14 heavy (non-hydrogen) atoms. The van der Waals surface area contributed by atoms with E-state index in [4.69, 9.17) is 0 Å². The van der Waals surface area contributed by atoms with E-state index in [0.29, 0.717) is 0 Å². The van der Waals surface area contributed by atoms with Gasteiger partial charge in [-0.3, -0.25) is 4.98 Å². The van der Waals surface area contributed by atoms with Gasteiger partial charge in [-0.05, 0) is 18.9 Å². The van der Waals surface area contributed by atoms with Crippen LogP contribution in [0.15, 0.2) is 12.1 Å². The monoisotopic (exact) mass is 188 g/mol. The molecule has 0 atom stereocenters. The van der Waals surface area contributed by atoms with Gasteiger partial charge in [0.1, 0.15) is 0 Å². The van der Waals surface area contributed by atoms with Crippen LogP contribution in [0.2, 0.25) is 0 Å². The van der Waals surface area contributed by atoms with E-state index in [1.54, 1.807) is 0 Å². The average molecular weight is 188 g/mol. The Kier molecular flexibility index (Phi) is 2.53. The first-order valence-corrected chi connectivity index (χ1v) is 5.28. The lowest BCUT2D eigenvalue weighted by Crippen LogP contribution is -2.09. The Labute approximate surface area is 85.1 Å². The first-order chi connectivity index (χ1) is 6.85. The van der Waals surface area contributed by atoms with Gasteiger partial charge in [0, 0.05) is 29.2 Å². The number of anilines is 1. The standard InChI is InChI=1S/C12H16N2/c1-3-9-8-12-10(6-5-7-13-12)11(4-2)14-9/h5-6,8,13H,3-4,7H2,1-2H3.